The van der Waals surface area contributed by atoms with E-state index >= 15 is 0 Å². The van der Waals surface area contributed by atoms with Crippen molar-refractivity contribution in [2.24, 2.45) is 0 Å². The average molecular weight is 437 g/mol. The van der Waals surface area contributed by atoms with Crippen LogP contribution >= 0.6 is 0 Å². The summed E-state index contributed by atoms with van der Waals surface area (Å²) in [6.07, 6.45) is 5.05. The first kappa shape index (κ1) is 21.8. The molecule has 4 rings (SSSR count). The number of pyridine rings is 1. The van der Waals surface area contributed by atoms with Gasteiger partial charge in [0.2, 0.25) is 5.95 Å². The van der Waals surface area contributed by atoms with Crippen LogP contribution in [0.15, 0.2) is 48.7 Å². The first-order chi connectivity index (χ1) is 15.9. The molecule has 7 heteroatoms. The monoisotopic (exact) mass is 436 g/mol. The van der Waals surface area contributed by atoms with Crippen LogP contribution < -0.4 is 15.8 Å². The Morgan fingerprint density at radius 1 is 1.06 bits per heavy atom. The number of nitrogen functional groups attached to an aromatic ring is 1. The first-order valence-electron chi connectivity index (χ1n) is 10.4. The summed E-state index contributed by atoms with van der Waals surface area (Å²) < 4.78 is 5.56. The van der Waals surface area contributed by atoms with E-state index in [1.165, 1.54) is 6.08 Å². The molecule has 164 valence electrons. The number of aryl methyl sites for hydroxylation is 3. The maximum absolute atomic E-state index is 8.85. The van der Waals surface area contributed by atoms with E-state index in [-0.39, 0.29) is 0 Å². The lowest BCUT2D eigenvalue weighted by Crippen LogP contribution is -2.05. The smallest absolute Gasteiger partial charge is 0.230 e. The van der Waals surface area contributed by atoms with Gasteiger partial charge < -0.3 is 15.8 Å². The Kier molecular flexibility index (Phi) is 5.92. The van der Waals surface area contributed by atoms with E-state index in [2.05, 4.69) is 15.3 Å². The van der Waals surface area contributed by atoms with Crippen molar-refractivity contribution in [1.29, 1.82) is 5.26 Å². The highest BCUT2D eigenvalue weighted by molar-refractivity contribution is 6.04. The van der Waals surface area contributed by atoms with Crippen LogP contribution in [0.3, 0.4) is 0 Å². The number of ether oxygens (including phenoxy) is 1. The van der Waals surface area contributed by atoms with Gasteiger partial charge in [-0.3, -0.25) is 0 Å². The lowest BCUT2D eigenvalue weighted by atomic mass is 9.91. The van der Waals surface area contributed by atoms with Crippen LogP contribution in [0.5, 0.6) is 5.75 Å². The number of benzene rings is 2. The number of allylic oxidation sites excluding steroid dienone is 1. The predicted molar refractivity (Wildman–Crippen MR) is 132 cm³/mol. The van der Waals surface area contributed by atoms with Gasteiger partial charge in [-0.15, -0.1) is 0 Å². The number of hydrogen-bond acceptors (Lipinski definition) is 7. The maximum Gasteiger partial charge on any atom is 0.230 e. The Hall–Kier alpha value is -4.44. The number of rotatable bonds is 5. The van der Waals surface area contributed by atoms with Crippen molar-refractivity contribution >= 4 is 34.6 Å². The Balaban J connectivity index is 1.92. The van der Waals surface area contributed by atoms with Gasteiger partial charge in [0.05, 0.1) is 24.1 Å². The number of nitrogens with zero attached hydrogens (tertiary/aromatic N) is 4. The molecular formula is C26H24N6O. The SMILES string of the molecule is COc1ccc(-c2c(C)cc(/C=C/C#N)cc2C)c2nc(Nc3ccc(C)cn3)nc(N)c12. The van der Waals surface area contributed by atoms with E-state index in [4.69, 9.17) is 20.7 Å². The van der Waals surface area contributed by atoms with Gasteiger partial charge in [-0.25, -0.2) is 9.97 Å². The second-order valence-corrected chi connectivity index (χ2v) is 7.81. The van der Waals surface area contributed by atoms with Gasteiger partial charge >= 0.3 is 0 Å². The second kappa shape index (κ2) is 8.97. The van der Waals surface area contributed by atoms with Crippen LogP contribution in [-0.4, -0.2) is 22.1 Å². The van der Waals surface area contributed by atoms with Crippen molar-refractivity contribution < 1.29 is 4.74 Å². The number of hydrogen-bond donors (Lipinski definition) is 2. The Labute approximate surface area is 192 Å². The molecule has 3 N–H and O–H groups in total. The zero-order chi connectivity index (χ0) is 23.5. The molecule has 2 heterocycles. The van der Waals surface area contributed by atoms with Crippen molar-refractivity contribution in [3.05, 3.63) is 70.9 Å². The third-order valence-corrected chi connectivity index (χ3v) is 5.39. The predicted octanol–water partition coefficient (Wildman–Crippen LogP) is 5.49. The summed E-state index contributed by atoms with van der Waals surface area (Å²) in [6.45, 7) is 6.07. The number of anilines is 3. The van der Waals surface area contributed by atoms with E-state index < -0.39 is 0 Å². The van der Waals surface area contributed by atoms with E-state index in [1.807, 2.05) is 63.2 Å². The summed E-state index contributed by atoms with van der Waals surface area (Å²) >= 11 is 0. The minimum atomic E-state index is 0.317. The van der Waals surface area contributed by atoms with Gasteiger partial charge in [0, 0.05) is 17.8 Å². The number of nitrogens with one attached hydrogen (secondary N) is 1. The van der Waals surface area contributed by atoms with E-state index in [0.29, 0.717) is 34.2 Å². The quantitative estimate of drug-likeness (QED) is 0.398. The molecule has 0 spiro atoms. The molecular weight excluding hydrogens is 412 g/mol. The zero-order valence-electron chi connectivity index (χ0n) is 19.0. The number of fused-ring (bicyclic) bond motifs is 1. The number of nitriles is 1. The van der Waals surface area contributed by atoms with Crippen LogP contribution in [0.4, 0.5) is 17.6 Å². The molecule has 4 aromatic rings. The average Bonchev–Trinajstić information content (AvgIpc) is 2.79. The third kappa shape index (κ3) is 4.32. The molecule has 0 bridgehead atoms. The molecule has 0 radical (unpaired) electrons. The van der Waals surface area contributed by atoms with Gasteiger partial charge in [0.1, 0.15) is 17.4 Å². The van der Waals surface area contributed by atoms with E-state index in [0.717, 1.165) is 33.4 Å². The molecule has 0 unspecified atom stereocenters. The summed E-state index contributed by atoms with van der Waals surface area (Å²) in [4.78, 5) is 13.6. The van der Waals surface area contributed by atoms with E-state index in [9.17, 15) is 0 Å². The molecule has 33 heavy (non-hydrogen) atoms. The molecule has 0 atom stereocenters. The minimum absolute atomic E-state index is 0.317. The number of aromatic nitrogens is 3. The summed E-state index contributed by atoms with van der Waals surface area (Å²) in [5.41, 5.74) is 13.2. The standard InChI is InChI=1S/C26H24N6O/c1-15-7-10-21(29-14-15)30-26-31-24-19(8-9-20(33-4)23(24)25(28)32-26)22-16(2)12-18(6-5-11-27)13-17(22)3/h5-10,12-14H,1-4H3,(H3,28,29,30,31,32)/b6-5+. The molecule has 0 fully saturated rings. The van der Waals surface area contributed by atoms with Crippen molar-refractivity contribution in [2.45, 2.75) is 20.8 Å². The Morgan fingerprint density at radius 3 is 2.45 bits per heavy atom. The van der Waals surface area contributed by atoms with E-state index in [1.54, 1.807) is 19.4 Å². The molecule has 0 saturated carbocycles. The molecule has 0 aliphatic rings. The van der Waals surface area contributed by atoms with Crippen molar-refractivity contribution in [3.8, 4) is 22.9 Å². The van der Waals surface area contributed by atoms with Gasteiger partial charge in [-0.2, -0.15) is 10.2 Å². The molecule has 7 nitrogen and oxygen atoms in total. The zero-order valence-corrected chi connectivity index (χ0v) is 19.0. The van der Waals surface area contributed by atoms with Crippen LogP contribution in [0.25, 0.3) is 28.1 Å². The molecule has 0 aliphatic heterocycles. The third-order valence-electron chi connectivity index (χ3n) is 5.39. The van der Waals surface area contributed by atoms with Crippen LogP contribution in [0, 0.1) is 32.1 Å². The molecule has 0 aliphatic carbocycles. The minimum Gasteiger partial charge on any atom is -0.496 e. The molecule has 2 aromatic carbocycles. The Bertz CT molecular complexity index is 1390. The Morgan fingerprint density at radius 2 is 1.82 bits per heavy atom. The second-order valence-electron chi connectivity index (χ2n) is 7.81. The fraction of sp³-hybridized carbons (Fsp3) is 0.154. The highest BCUT2D eigenvalue weighted by Crippen LogP contribution is 2.39. The summed E-state index contributed by atoms with van der Waals surface area (Å²) in [6, 6.07) is 13.8. The van der Waals surface area contributed by atoms with Gasteiger partial charge in [-0.1, -0.05) is 18.2 Å². The van der Waals surface area contributed by atoms with Crippen molar-refractivity contribution in [1.82, 2.24) is 15.0 Å². The normalized spacial score (nSPS) is 11.0. The topological polar surface area (TPSA) is 110 Å². The fourth-order valence-electron chi connectivity index (χ4n) is 3.97. The summed E-state index contributed by atoms with van der Waals surface area (Å²) in [7, 11) is 1.60. The van der Waals surface area contributed by atoms with Gasteiger partial charge in [-0.05, 0) is 72.9 Å². The summed E-state index contributed by atoms with van der Waals surface area (Å²) in [5.74, 6) is 1.91. The van der Waals surface area contributed by atoms with Gasteiger partial charge in [0.25, 0.3) is 0 Å². The highest BCUT2D eigenvalue weighted by atomic mass is 16.5. The summed E-state index contributed by atoms with van der Waals surface area (Å²) in [5, 5.41) is 12.7. The first-order valence-corrected chi connectivity index (χ1v) is 10.4. The molecule has 0 amide bonds. The highest BCUT2D eigenvalue weighted by Gasteiger charge is 2.18. The fourth-order valence-corrected chi connectivity index (χ4v) is 3.97. The molecule has 0 saturated heterocycles. The lowest BCUT2D eigenvalue weighted by molar-refractivity contribution is 0.420. The maximum atomic E-state index is 8.85. The molecule has 2 aromatic heterocycles. The number of nitrogens with two attached hydrogens (primary N) is 1. The van der Waals surface area contributed by atoms with Crippen LogP contribution in [0.2, 0.25) is 0 Å². The van der Waals surface area contributed by atoms with Gasteiger partial charge in [0.15, 0.2) is 0 Å². The largest absolute Gasteiger partial charge is 0.496 e. The van der Waals surface area contributed by atoms with Crippen LogP contribution in [-0.2, 0) is 0 Å². The van der Waals surface area contributed by atoms with Crippen molar-refractivity contribution in [3.63, 3.8) is 0 Å². The van der Waals surface area contributed by atoms with Crippen LogP contribution in [0.1, 0.15) is 22.3 Å². The lowest BCUT2D eigenvalue weighted by Gasteiger charge is -2.17. The number of methoxy groups -OCH3 is 1. The van der Waals surface area contributed by atoms with Crippen molar-refractivity contribution in [2.75, 3.05) is 18.2 Å².